The predicted octanol–water partition coefficient (Wildman–Crippen LogP) is 2.07. The molecule has 1 aliphatic heterocycles. The van der Waals surface area contributed by atoms with Gasteiger partial charge in [-0.25, -0.2) is 21.9 Å². The number of sulfonamides is 1. The van der Waals surface area contributed by atoms with E-state index in [9.17, 15) is 17.2 Å². The van der Waals surface area contributed by atoms with Gasteiger partial charge in [0.2, 0.25) is 10.0 Å². The van der Waals surface area contributed by atoms with Crippen LogP contribution in [0, 0.1) is 11.6 Å². The van der Waals surface area contributed by atoms with Crippen LogP contribution in [0.25, 0.3) is 0 Å². The summed E-state index contributed by atoms with van der Waals surface area (Å²) in [6.07, 6.45) is 0. The van der Waals surface area contributed by atoms with Crippen LogP contribution < -0.4 is 9.62 Å². The van der Waals surface area contributed by atoms with E-state index in [0.717, 1.165) is 25.2 Å². The van der Waals surface area contributed by atoms with Gasteiger partial charge < -0.3 is 4.90 Å². The van der Waals surface area contributed by atoms with Crippen molar-refractivity contribution in [1.82, 2.24) is 9.62 Å². The molecular weight excluding hydrogens is 360 g/mol. The molecular formula is C18H21F2N3O2S. The summed E-state index contributed by atoms with van der Waals surface area (Å²) in [6, 6.07) is 11.4. The third kappa shape index (κ3) is 4.57. The maximum absolute atomic E-state index is 13.8. The molecule has 2 aromatic carbocycles. The smallest absolute Gasteiger partial charge is 0.240 e. The predicted molar refractivity (Wildman–Crippen MR) is 96.6 cm³/mol. The van der Waals surface area contributed by atoms with E-state index in [1.807, 2.05) is 11.0 Å². The zero-order chi connectivity index (χ0) is 18.6. The van der Waals surface area contributed by atoms with Gasteiger partial charge in [0, 0.05) is 39.3 Å². The van der Waals surface area contributed by atoms with Gasteiger partial charge in [-0.1, -0.05) is 12.1 Å². The fraction of sp³-hybridized carbons (Fsp3) is 0.333. The van der Waals surface area contributed by atoms with Gasteiger partial charge in [0.1, 0.15) is 11.6 Å². The maximum Gasteiger partial charge on any atom is 0.240 e. The minimum absolute atomic E-state index is 0.0447. The Labute approximate surface area is 152 Å². The third-order valence-corrected chi connectivity index (χ3v) is 5.89. The molecule has 140 valence electrons. The number of para-hydroxylation sites is 1. The highest BCUT2D eigenvalue weighted by Gasteiger charge is 2.20. The van der Waals surface area contributed by atoms with Crippen LogP contribution in [0.15, 0.2) is 53.4 Å². The number of halogens is 2. The molecule has 0 radical (unpaired) electrons. The lowest BCUT2D eigenvalue weighted by Gasteiger charge is -2.36. The highest BCUT2D eigenvalue weighted by molar-refractivity contribution is 7.89. The number of anilines is 1. The summed E-state index contributed by atoms with van der Waals surface area (Å²) in [5.74, 6) is -0.704. The molecule has 8 heteroatoms. The molecule has 3 rings (SSSR count). The van der Waals surface area contributed by atoms with Gasteiger partial charge in [-0.3, -0.25) is 4.90 Å². The van der Waals surface area contributed by atoms with E-state index >= 15 is 0 Å². The van der Waals surface area contributed by atoms with Gasteiger partial charge in [-0.05, 0) is 36.4 Å². The molecule has 0 unspecified atom stereocenters. The minimum atomic E-state index is -3.64. The van der Waals surface area contributed by atoms with Gasteiger partial charge in [0.05, 0.1) is 10.6 Å². The Morgan fingerprint density at radius 1 is 0.923 bits per heavy atom. The molecule has 0 saturated carbocycles. The number of benzene rings is 2. The van der Waals surface area contributed by atoms with E-state index in [1.54, 1.807) is 12.1 Å². The Morgan fingerprint density at radius 3 is 2.23 bits per heavy atom. The third-order valence-electron chi connectivity index (χ3n) is 4.41. The Balaban J connectivity index is 1.47. The first-order chi connectivity index (χ1) is 12.5. The van der Waals surface area contributed by atoms with Crippen molar-refractivity contribution in [2.45, 2.75) is 4.90 Å². The van der Waals surface area contributed by atoms with E-state index in [-0.39, 0.29) is 17.3 Å². The molecule has 0 spiro atoms. The van der Waals surface area contributed by atoms with Gasteiger partial charge in [-0.15, -0.1) is 0 Å². The summed E-state index contributed by atoms with van der Waals surface area (Å²) in [4.78, 5) is 4.17. The number of rotatable bonds is 6. The molecule has 1 saturated heterocycles. The molecule has 0 aromatic heterocycles. The van der Waals surface area contributed by atoms with Crippen LogP contribution in [0.4, 0.5) is 14.5 Å². The van der Waals surface area contributed by atoms with E-state index in [1.165, 1.54) is 18.2 Å². The molecule has 0 bridgehead atoms. The largest absolute Gasteiger partial charge is 0.367 e. The van der Waals surface area contributed by atoms with E-state index < -0.39 is 15.8 Å². The monoisotopic (exact) mass is 381 g/mol. The number of hydrogen-bond donors (Lipinski definition) is 1. The molecule has 2 aromatic rings. The second-order valence-corrected chi connectivity index (χ2v) is 7.90. The van der Waals surface area contributed by atoms with Crippen molar-refractivity contribution in [3.63, 3.8) is 0 Å². The molecule has 0 aliphatic carbocycles. The average Bonchev–Trinajstić information content (AvgIpc) is 2.63. The zero-order valence-electron chi connectivity index (χ0n) is 14.2. The van der Waals surface area contributed by atoms with Crippen LogP contribution in [0.5, 0.6) is 0 Å². The Kier molecular flexibility index (Phi) is 5.85. The minimum Gasteiger partial charge on any atom is -0.367 e. The Bertz CT molecular complexity index is 836. The van der Waals surface area contributed by atoms with Crippen molar-refractivity contribution in [2.24, 2.45) is 0 Å². The Morgan fingerprint density at radius 2 is 1.58 bits per heavy atom. The van der Waals surface area contributed by atoms with Crippen LogP contribution in [-0.2, 0) is 10.0 Å². The van der Waals surface area contributed by atoms with Gasteiger partial charge in [-0.2, -0.15) is 0 Å². The van der Waals surface area contributed by atoms with Gasteiger partial charge in [0.25, 0.3) is 0 Å². The summed E-state index contributed by atoms with van der Waals surface area (Å²) in [7, 11) is -3.64. The van der Waals surface area contributed by atoms with Gasteiger partial charge >= 0.3 is 0 Å². The van der Waals surface area contributed by atoms with E-state index in [0.29, 0.717) is 25.3 Å². The first-order valence-corrected chi connectivity index (χ1v) is 9.91. The topological polar surface area (TPSA) is 52.7 Å². The number of piperazine rings is 1. The summed E-state index contributed by atoms with van der Waals surface area (Å²) in [6.45, 7) is 3.65. The molecule has 26 heavy (non-hydrogen) atoms. The van der Waals surface area contributed by atoms with Crippen LogP contribution in [0.3, 0.4) is 0 Å². The van der Waals surface area contributed by atoms with Crippen LogP contribution in [-0.4, -0.2) is 52.6 Å². The lowest BCUT2D eigenvalue weighted by atomic mass is 10.2. The van der Waals surface area contributed by atoms with E-state index in [4.69, 9.17) is 0 Å². The molecule has 0 atom stereocenters. The molecule has 5 nitrogen and oxygen atoms in total. The van der Waals surface area contributed by atoms with Crippen molar-refractivity contribution in [3.05, 3.63) is 60.2 Å². The molecule has 1 heterocycles. The van der Waals surface area contributed by atoms with Gasteiger partial charge in [0.15, 0.2) is 0 Å². The van der Waals surface area contributed by atoms with Crippen molar-refractivity contribution in [3.8, 4) is 0 Å². The van der Waals surface area contributed by atoms with Crippen molar-refractivity contribution < 1.29 is 17.2 Å². The number of hydrogen-bond acceptors (Lipinski definition) is 4. The van der Waals surface area contributed by atoms with Crippen LogP contribution in [0.2, 0.25) is 0 Å². The summed E-state index contributed by atoms with van der Waals surface area (Å²) in [5.41, 5.74) is 0.601. The molecule has 0 amide bonds. The van der Waals surface area contributed by atoms with E-state index in [2.05, 4.69) is 9.62 Å². The first kappa shape index (κ1) is 18.8. The average molecular weight is 381 g/mol. The van der Waals surface area contributed by atoms with Crippen LogP contribution >= 0.6 is 0 Å². The first-order valence-electron chi connectivity index (χ1n) is 8.43. The second kappa shape index (κ2) is 8.11. The number of nitrogens with zero attached hydrogens (tertiary/aromatic N) is 2. The molecule has 1 N–H and O–H groups in total. The maximum atomic E-state index is 13.8. The second-order valence-electron chi connectivity index (χ2n) is 6.13. The molecule has 1 fully saturated rings. The SMILES string of the molecule is O=S(=O)(NCCN1CCN(c2ccccc2F)CC1)c1ccc(F)cc1. The lowest BCUT2D eigenvalue weighted by Crippen LogP contribution is -2.48. The standard InChI is InChI=1S/C18H21F2N3O2S/c19-15-5-7-16(8-6-15)26(24,25)21-9-10-22-11-13-23(14-12-22)18-4-2-1-3-17(18)20/h1-8,21H,9-14H2. The number of nitrogens with one attached hydrogen (secondary N) is 1. The van der Waals surface area contributed by atoms with Crippen molar-refractivity contribution >= 4 is 15.7 Å². The van der Waals surface area contributed by atoms with Crippen molar-refractivity contribution in [2.75, 3.05) is 44.2 Å². The highest BCUT2D eigenvalue weighted by atomic mass is 32.2. The quantitative estimate of drug-likeness (QED) is 0.832. The normalized spacial score (nSPS) is 16.0. The zero-order valence-corrected chi connectivity index (χ0v) is 15.1. The summed E-state index contributed by atoms with van der Waals surface area (Å²) >= 11 is 0. The van der Waals surface area contributed by atoms with Crippen LogP contribution in [0.1, 0.15) is 0 Å². The highest BCUT2D eigenvalue weighted by Crippen LogP contribution is 2.20. The Hall–Kier alpha value is -2.03. The molecule has 1 aliphatic rings. The summed E-state index contributed by atoms with van der Waals surface area (Å²) in [5, 5.41) is 0. The fourth-order valence-corrected chi connectivity index (χ4v) is 3.98. The fourth-order valence-electron chi connectivity index (χ4n) is 2.96. The summed E-state index contributed by atoms with van der Waals surface area (Å²) < 4.78 is 53.6. The van der Waals surface area contributed by atoms with Crippen molar-refractivity contribution in [1.29, 1.82) is 0 Å². The lowest BCUT2D eigenvalue weighted by molar-refractivity contribution is 0.261.